The average Bonchev–Trinajstić information content (AvgIpc) is 3.14. The molecule has 1 fully saturated rings. The van der Waals surface area contributed by atoms with Crippen LogP contribution in [0, 0.1) is 19.7 Å². The van der Waals surface area contributed by atoms with Crippen molar-refractivity contribution in [3.05, 3.63) is 88.1 Å². The number of nitrogens with one attached hydrogen (secondary N) is 1. The molecule has 0 aliphatic carbocycles. The molecule has 1 N–H and O–H groups in total. The highest BCUT2D eigenvalue weighted by molar-refractivity contribution is 8.27. The predicted octanol–water partition coefficient (Wildman–Crippen LogP) is 6.26. The number of halogens is 1. The van der Waals surface area contributed by atoms with Crippen LogP contribution in [0.25, 0.3) is 6.08 Å². The monoisotopic (exact) mass is 536 g/mol. The highest BCUT2D eigenvalue weighted by atomic mass is 32.2. The molecule has 0 atom stereocenters. The van der Waals surface area contributed by atoms with Crippen LogP contribution in [0.5, 0.6) is 11.5 Å². The lowest BCUT2D eigenvalue weighted by molar-refractivity contribution is -0.118. The van der Waals surface area contributed by atoms with E-state index < -0.39 is 5.82 Å². The maximum Gasteiger partial charge on any atom is 0.270 e. The first-order valence-electron chi connectivity index (χ1n) is 11.6. The molecular formula is C28H25FN2O4S2. The van der Waals surface area contributed by atoms with Crippen LogP contribution in [0.15, 0.2) is 65.6 Å². The van der Waals surface area contributed by atoms with Crippen molar-refractivity contribution in [3.8, 4) is 11.5 Å². The number of benzene rings is 3. The molecule has 190 valence electrons. The number of nitrogens with zero attached hydrogens (tertiary/aromatic N) is 1. The topological polar surface area (TPSA) is 67.9 Å². The summed E-state index contributed by atoms with van der Waals surface area (Å²) in [5.74, 6) is -0.107. The minimum atomic E-state index is -0.391. The number of carbonyl (C=O) groups is 2. The first kappa shape index (κ1) is 26.4. The van der Waals surface area contributed by atoms with Gasteiger partial charge in [-0.3, -0.25) is 14.5 Å². The van der Waals surface area contributed by atoms with Gasteiger partial charge in [0.25, 0.3) is 11.8 Å². The highest BCUT2D eigenvalue weighted by Gasteiger charge is 2.33. The van der Waals surface area contributed by atoms with Crippen molar-refractivity contribution in [1.82, 2.24) is 0 Å². The van der Waals surface area contributed by atoms with E-state index in [0.717, 1.165) is 16.8 Å². The average molecular weight is 537 g/mol. The number of thioether (sulfide) groups is 1. The number of anilines is 2. The molecule has 2 amide bonds. The SMILES string of the molecule is CCOc1cc(/C=C2\SC(=S)N(c3ccc(F)cc3)C2=O)ccc1OCC(=O)Nc1cc(C)ccc1C. The minimum Gasteiger partial charge on any atom is -0.490 e. The molecule has 0 saturated carbocycles. The van der Waals surface area contributed by atoms with Gasteiger partial charge in [-0.05, 0) is 86.0 Å². The normalized spacial score (nSPS) is 14.3. The Balaban J connectivity index is 1.48. The Hall–Kier alpha value is -3.69. The molecule has 0 spiro atoms. The van der Waals surface area contributed by atoms with Crippen molar-refractivity contribution in [2.24, 2.45) is 0 Å². The molecule has 1 heterocycles. The van der Waals surface area contributed by atoms with Gasteiger partial charge in [0.05, 0.1) is 17.2 Å². The minimum absolute atomic E-state index is 0.191. The summed E-state index contributed by atoms with van der Waals surface area (Å²) in [5, 5.41) is 2.87. The molecule has 4 rings (SSSR count). The van der Waals surface area contributed by atoms with E-state index in [1.165, 1.54) is 40.9 Å². The molecule has 0 radical (unpaired) electrons. The molecule has 6 nitrogen and oxygen atoms in total. The molecule has 0 aromatic heterocycles. The van der Waals surface area contributed by atoms with Crippen molar-refractivity contribution < 1.29 is 23.5 Å². The molecule has 1 saturated heterocycles. The van der Waals surface area contributed by atoms with Gasteiger partial charge in [0, 0.05) is 5.69 Å². The Morgan fingerprint density at radius 1 is 1.05 bits per heavy atom. The Kier molecular flexibility index (Phi) is 8.25. The third-order valence-corrected chi connectivity index (χ3v) is 6.77. The first-order chi connectivity index (χ1) is 17.7. The summed E-state index contributed by atoms with van der Waals surface area (Å²) in [6.45, 7) is 5.93. The number of amides is 2. The number of rotatable bonds is 8. The standard InChI is InChI=1S/C28H25FN2O4S2/c1-4-34-24-14-19(15-25-27(33)31(28(36)37-25)21-10-8-20(29)9-11-21)7-12-23(24)35-16-26(32)30-22-13-17(2)5-6-18(22)3/h5-15H,4,16H2,1-3H3,(H,30,32)/b25-15-. The van der Waals surface area contributed by atoms with Crippen LogP contribution >= 0.6 is 24.0 Å². The van der Waals surface area contributed by atoms with E-state index in [-0.39, 0.29) is 18.4 Å². The summed E-state index contributed by atoms with van der Waals surface area (Å²) >= 11 is 6.55. The van der Waals surface area contributed by atoms with Gasteiger partial charge in [-0.1, -0.05) is 42.2 Å². The number of aryl methyl sites for hydroxylation is 2. The van der Waals surface area contributed by atoms with Gasteiger partial charge in [-0.2, -0.15) is 0 Å². The van der Waals surface area contributed by atoms with E-state index in [4.69, 9.17) is 21.7 Å². The molecule has 0 unspecified atom stereocenters. The fourth-order valence-corrected chi connectivity index (χ4v) is 4.93. The van der Waals surface area contributed by atoms with Gasteiger partial charge in [-0.15, -0.1) is 0 Å². The fourth-order valence-electron chi connectivity index (χ4n) is 3.63. The Morgan fingerprint density at radius 3 is 2.54 bits per heavy atom. The van der Waals surface area contributed by atoms with Crippen LogP contribution in [0.1, 0.15) is 23.6 Å². The van der Waals surface area contributed by atoms with Gasteiger partial charge < -0.3 is 14.8 Å². The van der Waals surface area contributed by atoms with Crippen LogP contribution < -0.4 is 19.7 Å². The second-order valence-corrected chi connectivity index (χ2v) is 9.96. The largest absolute Gasteiger partial charge is 0.490 e. The van der Waals surface area contributed by atoms with E-state index in [0.29, 0.717) is 38.6 Å². The van der Waals surface area contributed by atoms with E-state index in [2.05, 4.69) is 5.32 Å². The maximum atomic E-state index is 13.3. The van der Waals surface area contributed by atoms with Crippen molar-refractivity contribution in [2.75, 3.05) is 23.4 Å². The molecule has 9 heteroatoms. The summed E-state index contributed by atoms with van der Waals surface area (Å²) in [6.07, 6.45) is 1.71. The summed E-state index contributed by atoms with van der Waals surface area (Å²) < 4.78 is 25.1. The Labute approximate surface area is 224 Å². The predicted molar refractivity (Wildman–Crippen MR) is 150 cm³/mol. The Morgan fingerprint density at radius 2 is 1.81 bits per heavy atom. The van der Waals surface area contributed by atoms with E-state index >= 15 is 0 Å². The maximum absolute atomic E-state index is 13.3. The lowest BCUT2D eigenvalue weighted by Gasteiger charge is -2.14. The Bertz CT molecular complexity index is 1390. The molecule has 1 aliphatic rings. The van der Waals surface area contributed by atoms with Crippen molar-refractivity contribution >= 4 is 57.6 Å². The summed E-state index contributed by atoms with van der Waals surface area (Å²) in [4.78, 5) is 27.3. The van der Waals surface area contributed by atoms with Crippen LogP contribution in [0.2, 0.25) is 0 Å². The van der Waals surface area contributed by atoms with Gasteiger partial charge in [0.1, 0.15) is 5.82 Å². The summed E-state index contributed by atoms with van der Waals surface area (Å²) in [5.41, 5.74) is 3.96. The zero-order chi connectivity index (χ0) is 26.5. The van der Waals surface area contributed by atoms with Crippen LogP contribution in [0.4, 0.5) is 15.8 Å². The van der Waals surface area contributed by atoms with Crippen LogP contribution in [0.3, 0.4) is 0 Å². The summed E-state index contributed by atoms with van der Waals surface area (Å²) in [7, 11) is 0. The molecule has 1 aliphatic heterocycles. The van der Waals surface area contributed by atoms with E-state index in [1.807, 2.05) is 39.0 Å². The van der Waals surface area contributed by atoms with Crippen LogP contribution in [-0.2, 0) is 9.59 Å². The first-order valence-corrected chi connectivity index (χ1v) is 12.8. The van der Waals surface area contributed by atoms with Gasteiger partial charge in [0.2, 0.25) is 0 Å². The second kappa shape index (κ2) is 11.6. The summed E-state index contributed by atoms with van der Waals surface area (Å²) in [6, 6.07) is 16.6. The third-order valence-electron chi connectivity index (χ3n) is 5.47. The number of ether oxygens (including phenoxy) is 2. The second-order valence-electron chi connectivity index (χ2n) is 8.29. The van der Waals surface area contributed by atoms with Gasteiger partial charge >= 0.3 is 0 Å². The number of hydrogen-bond acceptors (Lipinski definition) is 6. The molecule has 3 aromatic rings. The lowest BCUT2D eigenvalue weighted by Crippen LogP contribution is -2.27. The molecule has 0 bridgehead atoms. The number of thiocarbonyl (C=S) groups is 1. The highest BCUT2D eigenvalue weighted by Crippen LogP contribution is 2.37. The zero-order valence-electron chi connectivity index (χ0n) is 20.5. The number of hydrogen-bond donors (Lipinski definition) is 1. The van der Waals surface area contributed by atoms with Crippen molar-refractivity contribution in [3.63, 3.8) is 0 Å². The van der Waals surface area contributed by atoms with E-state index in [9.17, 15) is 14.0 Å². The van der Waals surface area contributed by atoms with E-state index in [1.54, 1.807) is 24.3 Å². The van der Waals surface area contributed by atoms with Gasteiger partial charge in [0.15, 0.2) is 22.4 Å². The number of carbonyl (C=O) groups excluding carboxylic acids is 2. The molecule has 37 heavy (non-hydrogen) atoms. The molecular weight excluding hydrogens is 511 g/mol. The fraction of sp³-hybridized carbons (Fsp3) is 0.179. The van der Waals surface area contributed by atoms with Crippen LogP contribution in [-0.4, -0.2) is 29.3 Å². The third kappa shape index (κ3) is 6.36. The molecule has 3 aromatic carbocycles. The quantitative estimate of drug-likeness (QED) is 0.271. The zero-order valence-corrected chi connectivity index (χ0v) is 22.2. The lowest BCUT2D eigenvalue weighted by atomic mass is 10.1. The van der Waals surface area contributed by atoms with Crippen molar-refractivity contribution in [2.45, 2.75) is 20.8 Å². The smallest absolute Gasteiger partial charge is 0.270 e. The van der Waals surface area contributed by atoms with Gasteiger partial charge in [-0.25, -0.2) is 4.39 Å². The van der Waals surface area contributed by atoms with Crippen molar-refractivity contribution in [1.29, 1.82) is 0 Å².